The molecule has 1 aliphatic carbocycles. The molecule has 1 aromatic rings. The third-order valence-electron chi connectivity index (χ3n) is 3.26. The first-order valence-corrected chi connectivity index (χ1v) is 8.43. The summed E-state index contributed by atoms with van der Waals surface area (Å²) in [5, 5.41) is 3.36. The van der Waals surface area contributed by atoms with Crippen molar-refractivity contribution >= 4 is 15.9 Å². The van der Waals surface area contributed by atoms with Gasteiger partial charge < -0.3 is 10.1 Å². The molecule has 1 saturated carbocycles. The Hall–Kier alpha value is -1.38. The molecule has 0 spiro atoms. The van der Waals surface area contributed by atoms with Crippen molar-refractivity contribution < 1.29 is 13.2 Å². The Bertz CT molecular complexity index is 543. The minimum absolute atomic E-state index is 0.416. The summed E-state index contributed by atoms with van der Waals surface area (Å²) in [5.74, 6) is 0.442. The number of anilines is 1. The Morgan fingerprint density at radius 1 is 1.43 bits per heavy atom. The van der Waals surface area contributed by atoms with E-state index in [4.69, 9.17) is 4.74 Å². The summed E-state index contributed by atoms with van der Waals surface area (Å²) < 4.78 is 33.0. The Morgan fingerprint density at radius 3 is 2.76 bits per heavy atom. The maximum absolute atomic E-state index is 12.1. The van der Waals surface area contributed by atoms with Gasteiger partial charge in [-0.1, -0.05) is 0 Å². The molecule has 8 heteroatoms. The molecule has 118 valence electrons. The zero-order valence-corrected chi connectivity index (χ0v) is 13.2. The van der Waals surface area contributed by atoms with E-state index in [2.05, 4.69) is 15.0 Å². The summed E-state index contributed by atoms with van der Waals surface area (Å²) in [6.45, 7) is 1.31. The van der Waals surface area contributed by atoms with Crippen LogP contribution in [0.5, 0.6) is 5.88 Å². The molecule has 2 rings (SSSR count). The van der Waals surface area contributed by atoms with Gasteiger partial charge in [0.05, 0.1) is 19.0 Å². The molecule has 1 heterocycles. The highest BCUT2D eigenvalue weighted by Crippen LogP contribution is 2.18. The maximum Gasteiger partial charge on any atom is 0.301 e. The van der Waals surface area contributed by atoms with Crippen molar-refractivity contribution in [3.63, 3.8) is 0 Å². The van der Waals surface area contributed by atoms with Gasteiger partial charge in [0.25, 0.3) is 0 Å². The Balaban J connectivity index is 1.80. The molecule has 0 amide bonds. The fraction of sp³-hybridized carbons (Fsp3) is 0.615. The van der Waals surface area contributed by atoms with E-state index >= 15 is 0 Å². The number of methoxy groups -OCH3 is 1. The van der Waals surface area contributed by atoms with Crippen LogP contribution in [0.2, 0.25) is 0 Å². The van der Waals surface area contributed by atoms with E-state index in [1.165, 1.54) is 30.5 Å². The van der Waals surface area contributed by atoms with Crippen LogP contribution < -0.4 is 14.8 Å². The van der Waals surface area contributed by atoms with Crippen molar-refractivity contribution in [1.82, 2.24) is 14.6 Å². The van der Waals surface area contributed by atoms with Gasteiger partial charge in [0, 0.05) is 25.7 Å². The second-order valence-electron chi connectivity index (χ2n) is 5.10. The summed E-state index contributed by atoms with van der Waals surface area (Å²) in [7, 11) is -0.468. The van der Waals surface area contributed by atoms with E-state index in [0.29, 0.717) is 24.2 Å². The first-order chi connectivity index (χ1) is 10.0. The molecule has 0 bridgehead atoms. The normalized spacial score (nSPS) is 15.2. The lowest BCUT2D eigenvalue weighted by molar-refractivity contribution is 0.398. The van der Waals surface area contributed by atoms with Gasteiger partial charge in [-0.2, -0.15) is 12.7 Å². The summed E-state index contributed by atoms with van der Waals surface area (Å²) in [6, 6.07) is 3.87. The molecule has 1 fully saturated rings. The number of aromatic nitrogens is 1. The summed E-state index contributed by atoms with van der Waals surface area (Å²) in [6.07, 6.45) is 4.69. The average Bonchev–Trinajstić information content (AvgIpc) is 3.28. The predicted octanol–water partition coefficient (Wildman–Crippen LogP) is 0.821. The smallest absolute Gasteiger partial charge is 0.301 e. The minimum atomic E-state index is -3.54. The van der Waals surface area contributed by atoms with E-state index in [0.717, 1.165) is 13.0 Å². The van der Waals surface area contributed by atoms with Crippen LogP contribution in [0.1, 0.15) is 19.3 Å². The highest BCUT2D eigenvalue weighted by molar-refractivity contribution is 7.90. The van der Waals surface area contributed by atoms with E-state index in [1.54, 1.807) is 19.2 Å². The van der Waals surface area contributed by atoms with Crippen molar-refractivity contribution in [1.29, 1.82) is 0 Å². The van der Waals surface area contributed by atoms with Gasteiger partial charge in [0.2, 0.25) is 5.88 Å². The standard InChI is InChI=1S/C13H22N4O3S/c1-17(9-3-8-14-11-4-5-11)21(18,19)16-12-6-7-13(20-2)15-10-12/h6-7,10-11,14,16H,3-5,8-9H2,1-2H3. The summed E-state index contributed by atoms with van der Waals surface area (Å²) >= 11 is 0. The molecular formula is C13H22N4O3S. The Morgan fingerprint density at radius 2 is 2.19 bits per heavy atom. The van der Waals surface area contributed by atoms with Crippen molar-refractivity contribution in [3.05, 3.63) is 18.3 Å². The fourth-order valence-electron chi connectivity index (χ4n) is 1.80. The molecule has 0 aromatic carbocycles. The lowest BCUT2D eigenvalue weighted by Crippen LogP contribution is -2.34. The predicted molar refractivity (Wildman–Crippen MR) is 81.6 cm³/mol. The molecule has 2 N–H and O–H groups in total. The molecule has 21 heavy (non-hydrogen) atoms. The molecular weight excluding hydrogens is 292 g/mol. The van der Waals surface area contributed by atoms with Gasteiger partial charge in [-0.25, -0.2) is 4.98 Å². The second-order valence-corrected chi connectivity index (χ2v) is 6.88. The van der Waals surface area contributed by atoms with Crippen LogP contribution in [0.15, 0.2) is 18.3 Å². The quantitative estimate of drug-likeness (QED) is 0.659. The van der Waals surface area contributed by atoms with Crippen molar-refractivity contribution in [2.24, 2.45) is 0 Å². The van der Waals surface area contributed by atoms with Gasteiger partial charge in [-0.05, 0) is 31.9 Å². The lowest BCUT2D eigenvalue weighted by atomic mass is 10.4. The number of hydrogen-bond donors (Lipinski definition) is 2. The molecule has 0 radical (unpaired) electrons. The molecule has 0 unspecified atom stereocenters. The van der Waals surface area contributed by atoms with Gasteiger partial charge in [0.15, 0.2) is 0 Å². The maximum atomic E-state index is 12.1. The lowest BCUT2D eigenvalue weighted by Gasteiger charge is -2.18. The molecule has 0 saturated heterocycles. The number of pyridine rings is 1. The molecule has 1 aromatic heterocycles. The van der Waals surface area contributed by atoms with Crippen molar-refractivity contribution in [2.75, 3.05) is 32.0 Å². The van der Waals surface area contributed by atoms with E-state index in [-0.39, 0.29) is 0 Å². The van der Waals surface area contributed by atoms with Gasteiger partial charge in [-0.15, -0.1) is 0 Å². The number of hydrogen-bond acceptors (Lipinski definition) is 5. The molecule has 1 aliphatic rings. The zero-order chi connectivity index (χ0) is 15.3. The van der Waals surface area contributed by atoms with E-state index in [9.17, 15) is 8.42 Å². The number of nitrogens with zero attached hydrogens (tertiary/aromatic N) is 2. The van der Waals surface area contributed by atoms with E-state index in [1.807, 2.05) is 0 Å². The fourth-order valence-corrected chi connectivity index (χ4v) is 2.75. The highest BCUT2D eigenvalue weighted by Gasteiger charge is 2.21. The van der Waals surface area contributed by atoms with Crippen LogP contribution >= 0.6 is 0 Å². The average molecular weight is 314 g/mol. The molecule has 0 aliphatic heterocycles. The Labute approximate surface area is 125 Å². The number of nitrogens with one attached hydrogen (secondary N) is 2. The first kappa shape index (κ1) is 16.0. The third kappa shape index (κ3) is 5.14. The molecule has 7 nitrogen and oxygen atoms in total. The Kier molecular flexibility index (Phi) is 5.38. The third-order valence-corrected chi connectivity index (χ3v) is 4.76. The summed E-state index contributed by atoms with van der Waals surface area (Å²) in [4.78, 5) is 3.96. The van der Waals surface area contributed by atoms with Crippen LogP contribution in [0.3, 0.4) is 0 Å². The van der Waals surface area contributed by atoms with Gasteiger partial charge >= 0.3 is 10.2 Å². The van der Waals surface area contributed by atoms with Crippen molar-refractivity contribution in [2.45, 2.75) is 25.3 Å². The van der Waals surface area contributed by atoms with Crippen LogP contribution in [0.4, 0.5) is 5.69 Å². The second kappa shape index (κ2) is 7.06. The monoisotopic (exact) mass is 314 g/mol. The highest BCUT2D eigenvalue weighted by atomic mass is 32.2. The minimum Gasteiger partial charge on any atom is -0.481 e. The number of rotatable bonds is 9. The van der Waals surface area contributed by atoms with Gasteiger partial charge in [-0.3, -0.25) is 4.72 Å². The largest absolute Gasteiger partial charge is 0.481 e. The topological polar surface area (TPSA) is 83.6 Å². The number of ether oxygens (including phenoxy) is 1. The van der Waals surface area contributed by atoms with Crippen LogP contribution in [-0.2, 0) is 10.2 Å². The first-order valence-electron chi connectivity index (χ1n) is 6.99. The van der Waals surface area contributed by atoms with Crippen LogP contribution in [0, 0.1) is 0 Å². The van der Waals surface area contributed by atoms with Crippen LogP contribution in [-0.4, -0.2) is 51.0 Å². The van der Waals surface area contributed by atoms with Crippen LogP contribution in [0.25, 0.3) is 0 Å². The molecule has 0 atom stereocenters. The SMILES string of the molecule is COc1ccc(NS(=O)(=O)N(C)CCCNC2CC2)cn1. The zero-order valence-electron chi connectivity index (χ0n) is 12.4. The summed E-state index contributed by atoms with van der Waals surface area (Å²) in [5.41, 5.74) is 0.416. The van der Waals surface area contributed by atoms with Gasteiger partial charge in [0.1, 0.15) is 0 Å². The van der Waals surface area contributed by atoms with E-state index < -0.39 is 10.2 Å². The van der Waals surface area contributed by atoms with Crippen molar-refractivity contribution in [3.8, 4) is 5.88 Å².